The van der Waals surface area contributed by atoms with Gasteiger partial charge in [-0.3, -0.25) is 0 Å². The van der Waals surface area contributed by atoms with Crippen LogP contribution in [0.25, 0.3) is 0 Å². The van der Waals surface area contributed by atoms with Gasteiger partial charge in [-0.2, -0.15) is 11.8 Å². The van der Waals surface area contributed by atoms with E-state index in [1.54, 1.807) is 0 Å². The van der Waals surface area contributed by atoms with E-state index in [9.17, 15) is 0 Å². The maximum atomic E-state index is 3.76. The molecule has 0 spiro atoms. The maximum Gasteiger partial charge on any atom is 0.0158 e. The molecule has 0 aliphatic carbocycles. The second-order valence-electron chi connectivity index (χ2n) is 4.74. The van der Waals surface area contributed by atoms with Crippen LogP contribution in [0.15, 0.2) is 0 Å². The maximum absolute atomic E-state index is 3.76. The lowest BCUT2D eigenvalue weighted by molar-refractivity contribution is 0.387. The van der Waals surface area contributed by atoms with Crippen LogP contribution < -0.4 is 5.32 Å². The molecule has 1 nitrogen and oxygen atoms in total. The molecule has 15 heavy (non-hydrogen) atoms. The molecule has 2 atom stereocenters. The third-order valence-corrected chi connectivity index (χ3v) is 4.61. The zero-order chi connectivity index (χ0) is 10.9. The van der Waals surface area contributed by atoms with E-state index in [0.29, 0.717) is 0 Å². The van der Waals surface area contributed by atoms with Gasteiger partial charge in [0.25, 0.3) is 0 Å². The third-order valence-electron chi connectivity index (χ3n) is 3.40. The molecule has 0 saturated carbocycles. The lowest BCUT2D eigenvalue weighted by atomic mass is 9.99. The van der Waals surface area contributed by atoms with Gasteiger partial charge < -0.3 is 5.32 Å². The Hall–Kier alpha value is 0.310. The Morgan fingerprint density at radius 1 is 1.40 bits per heavy atom. The van der Waals surface area contributed by atoms with Crippen LogP contribution >= 0.6 is 11.8 Å². The minimum atomic E-state index is 0.805. The predicted molar refractivity (Wildman–Crippen MR) is 71.7 cm³/mol. The first-order valence-electron chi connectivity index (χ1n) is 6.68. The smallest absolute Gasteiger partial charge is 0.0158 e. The van der Waals surface area contributed by atoms with Gasteiger partial charge in [-0.25, -0.2) is 0 Å². The van der Waals surface area contributed by atoms with E-state index in [1.165, 1.54) is 56.6 Å². The second-order valence-corrected chi connectivity index (χ2v) is 5.89. The predicted octanol–water partition coefficient (Wildman–Crippen LogP) is 3.69. The van der Waals surface area contributed by atoms with Gasteiger partial charge in [0.1, 0.15) is 0 Å². The van der Waals surface area contributed by atoms with E-state index in [-0.39, 0.29) is 0 Å². The second kappa shape index (κ2) is 8.46. The van der Waals surface area contributed by atoms with Gasteiger partial charge in [0.05, 0.1) is 0 Å². The van der Waals surface area contributed by atoms with Gasteiger partial charge in [0, 0.05) is 11.8 Å². The molecule has 0 aromatic carbocycles. The number of unbranched alkanes of at least 4 members (excludes halogenated alkanes) is 1. The molecule has 1 saturated heterocycles. The summed E-state index contributed by atoms with van der Waals surface area (Å²) in [6, 6.07) is 0.805. The lowest BCUT2D eigenvalue weighted by Gasteiger charge is -2.25. The monoisotopic (exact) mass is 229 g/mol. The van der Waals surface area contributed by atoms with E-state index >= 15 is 0 Å². The summed E-state index contributed by atoms with van der Waals surface area (Å²) in [6.07, 6.45) is 8.31. The van der Waals surface area contributed by atoms with Gasteiger partial charge in [-0.1, -0.05) is 33.1 Å². The van der Waals surface area contributed by atoms with Crippen LogP contribution in [0.3, 0.4) is 0 Å². The highest BCUT2D eigenvalue weighted by Gasteiger charge is 2.14. The molecule has 1 aliphatic heterocycles. The standard InChI is InChI=1S/C13H27NS/c1-3-5-7-12(4-2)10-14-13-8-6-9-15-11-13/h12-14H,3-11H2,1-2H3/t12-,13-/m0/s1. The number of hydrogen-bond acceptors (Lipinski definition) is 2. The highest BCUT2D eigenvalue weighted by molar-refractivity contribution is 7.99. The first-order chi connectivity index (χ1) is 7.36. The van der Waals surface area contributed by atoms with Gasteiger partial charge in [-0.15, -0.1) is 0 Å². The molecule has 0 unspecified atom stereocenters. The number of hydrogen-bond donors (Lipinski definition) is 1. The van der Waals surface area contributed by atoms with Crippen molar-refractivity contribution in [2.75, 3.05) is 18.1 Å². The normalized spacial score (nSPS) is 24.0. The highest BCUT2D eigenvalue weighted by atomic mass is 32.2. The van der Waals surface area contributed by atoms with Crippen LogP contribution in [0.1, 0.15) is 52.4 Å². The Morgan fingerprint density at radius 3 is 2.87 bits per heavy atom. The zero-order valence-corrected chi connectivity index (χ0v) is 11.2. The molecule has 2 heteroatoms. The van der Waals surface area contributed by atoms with Crippen molar-refractivity contribution < 1.29 is 0 Å². The number of thioether (sulfide) groups is 1. The molecule has 90 valence electrons. The van der Waals surface area contributed by atoms with Crippen molar-refractivity contribution in [2.24, 2.45) is 5.92 Å². The molecule has 0 radical (unpaired) electrons. The Labute approximate surface area is 99.8 Å². The fourth-order valence-electron chi connectivity index (χ4n) is 2.18. The van der Waals surface area contributed by atoms with Crippen molar-refractivity contribution in [2.45, 2.75) is 58.4 Å². The zero-order valence-electron chi connectivity index (χ0n) is 10.4. The SMILES string of the molecule is CCCC[C@H](CC)CN[C@H]1CCCSC1. The molecular weight excluding hydrogens is 202 g/mol. The molecule has 1 fully saturated rings. The third kappa shape index (κ3) is 5.82. The largest absolute Gasteiger partial charge is 0.313 e. The van der Waals surface area contributed by atoms with E-state index < -0.39 is 0 Å². The summed E-state index contributed by atoms with van der Waals surface area (Å²) in [6.45, 7) is 5.87. The Morgan fingerprint density at radius 2 is 2.27 bits per heavy atom. The fraction of sp³-hybridized carbons (Fsp3) is 1.00. The topological polar surface area (TPSA) is 12.0 Å². The van der Waals surface area contributed by atoms with Gasteiger partial charge in [0.15, 0.2) is 0 Å². The summed E-state index contributed by atoms with van der Waals surface area (Å²) < 4.78 is 0. The first kappa shape index (κ1) is 13.4. The van der Waals surface area contributed by atoms with Crippen molar-refractivity contribution in [1.82, 2.24) is 5.32 Å². The molecule has 0 aromatic rings. The summed E-state index contributed by atoms with van der Waals surface area (Å²) in [7, 11) is 0. The van der Waals surface area contributed by atoms with Crippen LogP contribution in [0.5, 0.6) is 0 Å². The molecule has 1 N–H and O–H groups in total. The molecule has 1 aliphatic rings. The molecular formula is C13H27NS. The minimum Gasteiger partial charge on any atom is -0.313 e. The van der Waals surface area contributed by atoms with Crippen molar-refractivity contribution in [3.63, 3.8) is 0 Å². The van der Waals surface area contributed by atoms with E-state index in [2.05, 4.69) is 30.9 Å². The van der Waals surface area contributed by atoms with Crippen LogP contribution in [0, 0.1) is 5.92 Å². The van der Waals surface area contributed by atoms with Gasteiger partial charge >= 0.3 is 0 Å². The summed E-state index contributed by atoms with van der Waals surface area (Å²) >= 11 is 2.12. The van der Waals surface area contributed by atoms with E-state index in [4.69, 9.17) is 0 Å². The van der Waals surface area contributed by atoms with Crippen molar-refractivity contribution >= 4 is 11.8 Å². The molecule has 1 heterocycles. The van der Waals surface area contributed by atoms with Crippen LogP contribution in [-0.2, 0) is 0 Å². The first-order valence-corrected chi connectivity index (χ1v) is 7.83. The Kier molecular flexibility index (Phi) is 7.54. The van der Waals surface area contributed by atoms with E-state index in [1.807, 2.05) is 0 Å². The average Bonchev–Trinajstić information content (AvgIpc) is 2.31. The van der Waals surface area contributed by atoms with Gasteiger partial charge in [-0.05, 0) is 37.5 Å². The van der Waals surface area contributed by atoms with Crippen molar-refractivity contribution in [3.8, 4) is 0 Å². The number of rotatable bonds is 7. The van der Waals surface area contributed by atoms with E-state index in [0.717, 1.165) is 12.0 Å². The van der Waals surface area contributed by atoms with Crippen LogP contribution in [0.4, 0.5) is 0 Å². The van der Waals surface area contributed by atoms with Crippen molar-refractivity contribution in [1.29, 1.82) is 0 Å². The quantitative estimate of drug-likeness (QED) is 0.714. The summed E-state index contributed by atoms with van der Waals surface area (Å²) in [4.78, 5) is 0. The molecule has 0 aromatic heterocycles. The average molecular weight is 229 g/mol. The van der Waals surface area contributed by atoms with Gasteiger partial charge in [0.2, 0.25) is 0 Å². The summed E-state index contributed by atoms with van der Waals surface area (Å²) in [5.41, 5.74) is 0. The summed E-state index contributed by atoms with van der Waals surface area (Å²) in [5, 5.41) is 3.76. The Balaban J connectivity index is 2.09. The van der Waals surface area contributed by atoms with Crippen LogP contribution in [0.2, 0.25) is 0 Å². The lowest BCUT2D eigenvalue weighted by Crippen LogP contribution is -2.36. The summed E-state index contributed by atoms with van der Waals surface area (Å²) in [5.74, 6) is 3.63. The molecule has 0 amide bonds. The minimum absolute atomic E-state index is 0.805. The number of nitrogens with one attached hydrogen (secondary N) is 1. The fourth-order valence-corrected chi connectivity index (χ4v) is 3.28. The molecule has 1 rings (SSSR count). The Bertz CT molecular complexity index is 143. The highest BCUT2D eigenvalue weighted by Crippen LogP contribution is 2.18. The van der Waals surface area contributed by atoms with Crippen LogP contribution in [-0.4, -0.2) is 24.1 Å². The van der Waals surface area contributed by atoms with Crippen molar-refractivity contribution in [3.05, 3.63) is 0 Å². The molecule has 0 bridgehead atoms.